The van der Waals surface area contributed by atoms with Gasteiger partial charge in [-0.1, -0.05) is 11.8 Å². The number of hydrogen-bond acceptors (Lipinski definition) is 4. The zero-order valence-corrected chi connectivity index (χ0v) is 13.2. The Bertz CT molecular complexity index is 637. The highest BCUT2D eigenvalue weighted by Crippen LogP contribution is 2.62. The van der Waals surface area contributed by atoms with Gasteiger partial charge in [0, 0.05) is 0 Å². The molecule has 0 aliphatic rings. The molecule has 0 rings (SSSR count). The quantitative estimate of drug-likeness (QED) is 0.301. The summed E-state index contributed by atoms with van der Waals surface area (Å²) in [6.45, 7) is -2.56. The maximum absolute atomic E-state index is 13.4. The molecule has 0 fully saturated rings. The van der Waals surface area contributed by atoms with Crippen LogP contribution >= 0.6 is 7.82 Å². The molecule has 0 N–H and O–H groups in total. The lowest BCUT2D eigenvalue weighted by Crippen LogP contribution is -2.66. The standard InChI is InChI=1S/C11H6F11O4P/c1-3-5-24-27(23,25-6-4-2)26-11(21,22)9(16,17)7(12,13)8(14,15)10(18,19)20/h1-2H,5-6H2. The summed E-state index contributed by atoms with van der Waals surface area (Å²) in [6, 6.07) is 0. The highest BCUT2D eigenvalue weighted by atomic mass is 31.2. The second kappa shape index (κ2) is 7.83. The van der Waals surface area contributed by atoms with E-state index in [1.54, 1.807) is 0 Å². The molecule has 0 aromatic carbocycles. The lowest BCUT2D eigenvalue weighted by atomic mass is 10.0. The third kappa shape index (κ3) is 4.85. The summed E-state index contributed by atoms with van der Waals surface area (Å²) >= 11 is 0. The van der Waals surface area contributed by atoms with Crippen molar-refractivity contribution in [1.82, 2.24) is 0 Å². The van der Waals surface area contributed by atoms with Gasteiger partial charge in [-0.05, 0) is 0 Å². The van der Waals surface area contributed by atoms with Gasteiger partial charge in [0.2, 0.25) is 0 Å². The van der Waals surface area contributed by atoms with Crippen LogP contribution in [0.4, 0.5) is 48.3 Å². The van der Waals surface area contributed by atoms with Crippen LogP contribution in [0, 0.1) is 24.7 Å². The molecule has 0 aromatic rings. The average Bonchev–Trinajstić information content (AvgIpc) is 2.49. The first-order chi connectivity index (χ1) is 11.8. The van der Waals surface area contributed by atoms with E-state index in [2.05, 4.69) is 26.4 Å². The van der Waals surface area contributed by atoms with Gasteiger partial charge in [-0.25, -0.2) is 9.09 Å². The van der Waals surface area contributed by atoms with Crippen LogP contribution in [0.25, 0.3) is 0 Å². The topological polar surface area (TPSA) is 44.8 Å². The summed E-state index contributed by atoms with van der Waals surface area (Å²) < 4.78 is 162. The predicted octanol–water partition coefficient (Wildman–Crippen LogP) is 4.47. The normalized spacial score (nSPS) is 14.6. The minimum absolute atomic E-state index is 1.28. The monoisotopic (exact) mass is 442 g/mol. The lowest BCUT2D eigenvalue weighted by molar-refractivity contribution is -0.446. The van der Waals surface area contributed by atoms with Gasteiger partial charge in [0.25, 0.3) is 0 Å². The molecule has 0 unspecified atom stereocenters. The SMILES string of the molecule is C#CCOP(=O)(OCC#C)OC(F)(F)C(F)(F)C(F)(F)C(F)(F)C(F)(F)F. The zero-order valence-electron chi connectivity index (χ0n) is 12.3. The molecular formula is C11H6F11O4P. The van der Waals surface area contributed by atoms with Gasteiger partial charge in [-0.3, -0.25) is 9.05 Å². The van der Waals surface area contributed by atoms with Gasteiger partial charge in [-0.15, -0.1) is 12.8 Å². The van der Waals surface area contributed by atoms with E-state index in [0.717, 1.165) is 0 Å². The predicted molar refractivity (Wildman–Crippen MR) is 64.1 cm³/mol. The van der Waals surface area contributed by atoms with Gasteiger partial charge < -0.3 is 0 Å². The molecule has 156 valence electrons. The summed E-state index contributed by atoms with van der Waals surface area (Å²) in [5.41, 5.74) is 0. The Kier molecular flexibility index (Phi) is 7.38. The van der Waals surface area contributed by atoms with Crippen molar-refractivity contribution < 1.29 is 66.4 Å². The molecule has 0 aliphatic heterocycles. The second-order valence-corrected chi connectivity index (χ2v) is 5.82. The maximum atomic E-state index is 13.4. The summed E-state index contributed by atoms with van der Waals surface area (Å²) in [5, 5.41) is 0. The number of phosphoric ester groups is 1. The summed E-state index contributed by atoms with van der Waals surface area (Å²) in [4.78, 5) is 0. The molecule has 0 radical (unpaired) electrons. The molecule has 0 amide bonds. The van der Waals surface area contributed by atoms with Crippen molar-refractivity contribution in [3.63, 3.8) is 0 Å². The molecule has 4 nitrogen and oxygen atoms in total. The molecule has 0 aliphatic carbocycles. The molecule has 16 heteroatoms. The fraction of sp³-hybridized carbons (Fsp3) is 0.636. The van der Waals surface area contributed by atoms with Gasteiger partial charge in [0.05, 0.1) is 0 Å². The first-order valence-corrected chi connectivity index (χ1v) is 7.34. The van der Waals surface area contributed by atoms with Crippen molar-refractivity contribution in [3.8, 4) is 24.7 Å². The van der Waals surface area contributed by atoms with Crippen molar-refractivity contribution in [1.29, 1.82) is 0 Å². The van der Waals surface area contributed by atoms with E-state index in [4.69, 9.17) is 0 Å². The summed E-state index contributed by atoms with van der Waals surface area (Å²) in [5.74, 6) is -20.1. The van der Waals surface area contributed by atoms with E-state index in [9.17, 15) is 52.9 Å². The third-order valence-electron chi connectivity index (χ3n) is 2.35. The van der Waals surface area contributed by atoms with Crippen LogP contribution in [0.2, 0.25) is 0 Å². The molecule has 0 heterocycles. The summed E-state index contributed by atoms with van der Waals surface area (Å²) in [6.07, 6.45) is -5.17. The molecule has 0 spiro atoms. The molecular weight excluding hydrogens is 436 g/mol. The summed E-state index contributed by atoms with van der Waals surface area (Å²) in [7, 11) is -6.01. The van der Waals surface area contributed by atoms with Crippen molar-refractivity contribution in [2.45, 2.75) is 30.1 Å². The van der Waals surface area contributed by atoms with E-state index in [-0.39, 0.29) is 0 Å². The highest BCUT2D eigenvalue weighted by Gasteiger charge is 2.88. The van der Waals surface area contributed by atoms with Crippen LogP contribution in [-0.4, -0.2) is 43.3 Å². The third-order valence-corrected chi connectivity index (χ3v) is 3.69. The van der Waals surface area contributed by atoms with E-state index in [1.807, 2.05) is 0 Å². The number of phosphoric acid groups is 1. The van der Waals surface area contributed by atoms with Crippen molar-refractivity contribution >= 4 is 7.82 Å². The van der Waals surface area contributed by atoms with E-state index in [1.165, 1.54) is 11.8 Å². The Balaban J connectivity index is 6.05. The maximum Gasteiger partial charge on any atom is 0.481 e. The largest absolute Gasteiger partial charge is 0.481 e. The molecule has 27 heavy (non-hydrogen) atoms. The molecule has 0 saturated carbocycles. The van der Waals surface area contributed by atoms with Crippen LogP contribution in [0.1, 0.15) is 0 Å². The number of alkyl halides is 11. The van der Waals surface area contributed by atoms with Gasteiger partial charge in [-0.2, -0.15) is 48.3 Å². The molecule has 0 atom stereocenters. The fourth-order valence-electron chi connectivity index (χ4n) is 1.08. The Morgan fingerprint density at radius 2 is 1.07 bits per heavy atom. The number of halogens is 11. The van der Waals surface area contributed by atoms with Crippen molar-refractivity contribution in [3.05, 3.63) is 0 Å². The smallest absolute Gasteiger partial charge is 0.274 e. The van der Waals surface area contributed by atoms with Gasteiger partial charge >= 0.3 is 37.9 Å². The minimum Gasteiger partial charge on any atom is -0.274 e. The highest BCUT2D eigenvalue weighted by molar-refractivity contribution is 7.48. The Morgan fingerprint density at radius 3 is 1.37 bits per heavy atom. The van der Waals surface area contributed by atoms with Crippen molar-refractivity contribution in [2.24, 2.45) is 0 Å². The van der Waals surface area contributed by atoms with Crippen molar-refractivity contribution in [2.75, 3.05) is 13.2 Å². The minimum atomic E-state index is -7.76. The number of hydrogen-bond donors (Lipinski definition) is 0. The van der Waals surface area contributed by atoms with Gasteiger partial charge in [0.15, 0.2) is 0 Å². The van der Waals surface area contributed by atoms with Gasteiger partial charge in [0.1, 0.15) is 13.2 Å². The zero-order chi connectivity index (χ0) is 21.9. The van der Waals surface area contributed by atoms with E-state index >= 15 is 0 Å². The Hall–Kier alpha value is -1.54. The van der Waals surface area contributed by atoms with Crippen LogP contribution < -0.4 is 0 Å². The lowest BCUT2D eigenvalue weighted by Gasteiger charge is -2.37. The molecule has 0 aromatic heterocycles. The molecule has 0 bridgehead atoms. The van der Waals surface area contributed by atoms with E-state index < -0.39 is 51.1 Å². The van der Waals surface area contributed by atoms with Crippen LogP contribution in [-0.2, 0) is 18.1 Å². The first-order valence-electron chi connectivity index (χ1n) is 5.88. The van der Waals surface area contributed by atoms with Crippen LogP contribution in [0.5, 0.6) is 0 Å². The number of terminal acetylenes is 2. The Morgan fingerprint density at radius 1 is 0.704 bits per heavy atom. The fourth-order valence-corrected chi connectivity index (χ4v) is 2.12. The molecule has 0 saturated heterocycles. The van der Waals surface area contributed by atoms with Crippen LogP contribution in [0.3, 0.4) is 0 Å². The van der Waals surface area contributed by atoms with Crippen LogP contribution in [0.15, 0.2) is 0 Å². The number of rotatable bonds is 9. The first kappa shape index (κ1) is 25.5. The van der Waals surface area contributed by atoms with E-state index in [0.29, 0.717) is 0 Å². The second-order valence-electron chi connectivity index (χ2n) is 4.23. The average molecular weight is 442 g/mol. The Labute approximate surface area is 143 Å².